The van der Waals surface area contributed by atoms with Crippen LogP contribution in [-0.2, 0) is 27.4 Å². The van der Waals surface area contributed by atoms with Crippen LogP contribution in [0.3, 0.4) is 0 Å². The quantitative estimate of drug-likeness (QED) is 0.260. The van der Waals surface area contributed by atoms with Gasteiger partial charge >= 0.3 is 0 Å². The van der Waals surface area contributed by atoms with Crippen LogP contribution in [0.15, 0.2) is 72.3 Å². The maximum atomic E-state index is 13.2. The largest absolute Gasteiger partial charge is 0.507 e. The number of aliphatic hydroxyl groups excluding tert-OH is 1. The monoisotopic (exact) mass is 513 g/mol. The van der Waals surface area contributed by atoms with Crippen molar-refractivity contribution in [1.82, 2.24) is 4.90 Å². The van der Waals surface area contributed by atoms with Gasteiger partial charge in [-0.05, 0) is 72.4 Å². The van der Waals surface area contributed by atoms with Crippen molar-refractivity contribution >= 4 is 17.4 Å². The Morgan fingerprint density at radius 3 is 2.63 bits per heavy atom. The third-order valence-electron chi connectivity index (χ3n) is 7.11. The molecule has 2 aliphatic rings. The van der Waals surface area contributed by atoms with E-state index in [4.69, 9.17) is 14.2 Å². The van der Waals surface area contributed by atoms with Crippen LogP contribution in [0, 0.1) is 6.92 Å². The number of amides is 1. The van der Waals surface area contributed by atoms with Gasteiger partial charge in [-0.25, -0.2) is 0 Å². The van der Waals surface area contributed by atoms with Gasteiger partial charge in [0.25, 0.3) is 11.7 Å². The van der Waals surface area contributed by atoms with E-state index in [9.17, 15) is 14.7 Å². The van der Waals surface area contributed by atoms with E-state index in [1.807, 2.05) is 61.5 Å². The van der Waals surface area contributed by atoms with Gasteiger partial charge in [0.05, 0.1) is 24.8 Å². The smallest absolute Gasteiger partial charge is 0.295 e. The molecule has 0 aromatic heterocycles. The number of rotatable bonds is 8. The van der Waals surface area contributed by atoms with E-state index in [1.54, 1.807) is 19.2 Å². The number of likely N-dealkylation sites (tertiary alicyclic amines) is 1. The van der Waals surface area contributed by atoms with E-state index in [2.05, 4.69) is 0 Å². The van der Waals surface area contributed by atoms with Crippen molar-refractivity contribution in [3.05, 3.63) is 100 Å². The van der Waals surface area contributed by atoms with Crippen LogP contribution in [0.2, 0.25) is 0 Å². The number of ketones is 1. The Hall–Kier alpha value is -4.10. The van der Waals surface area contributed by atoms with Gasteiger partial charge in [0, 0.05) is 19.2 Å². The second kappa shape index (κ2) is 11.1. The van der Waals surface area contributed by atoms with Crippen LogP contribution >= 0.6 is 0 Å². The molecular weight excluding hydrogens is 482 g/mol. The van der Waals surface area contributed by atoms with Crippen molar-refractivity contribution < 1.29 is 28.9 Å². The Morgan fingerprint density at radius 2 is 1.87 bits per heavy atom. The Kier molecular flexibility index (Phi) is 7.47. The number of hydrogen-bond donors (Lipinski definition) is 1. The van der Waals surface area contributed by atoms with Gasteiger partial charge in [-0.2, -0.15) is 0 Å². The number of nitrogens with zero attached hydrogens (tertiary/aromatic N) is 1. The minimum Gasteiger partial charge on any atom is -0.507 e. The highest BCUT2D eigenvalue weighted by molar-refractivity contribution is 6.46. The normalized spacial score (nSPS) is 18.3. The standard InChI is InChI=1S/C31H31NO6/c1-20-6-3-4-7-24(20)19-38-25-12-9-21(10-13-25)28-27(30(34)31(35)32(28)15-17-36-2)29(33)23-11-14-26-22(18-23)8-5-16-37-26/h3-4,6-7,9-14,18,28,33H,5,8,15-17,19H2,1-2H3/b29-27-. The molecule has 1 atom stereocenters. The van der Waals surface area contributed by atoms with Crippen LogP contribution in [-0.4, -0.2) is 48.6 Å². The first-order chi connectivity index (χ1) is 18.5. The van der Waals surface area contributed by atoms with E-state index in [-0.39, 0.29) is 24.5 Å². The molecule has 1 amide bonds. The van der Waals surface area contributed by atoms with Crippen LogP contribution in [0.1, 0.15) is 40.3 Å². The Bertz CT molecular complexity index is 1380. The summed E-state index contributed by atoms with van der Waals surface area (Å²) in [5.74, 6) is -0.111. The van der Waals surface area contributed by atoms with Gasteiger partial charge in [-0.3, -0.25) is 9.59 Å². The molecule has 38 heavy (non-hydrogen) atoms. The predicted octanol–water partition coefficient (Wildman–Crippen LogP) is 4.97. The van der Waals surface area contributed by atoms with Gasteiger partial charge in [-0.1, -0.05) is 36.4 Å². The molecule has 3 aromatic rings. The molecular formula is C31H31NO6. The number of Topliss-reactive ketones (excluding diaryl/α,β-unsaturated/α-hetero) is 1. The maximum Gasteiger partial charge on any atom is 0.295 e. The minimum atomic E-state index is -0.747. The van der Waals surface area contributed by atoms with Crippen molar-refractivity contribution in [3.8, 4) is 11.5 Å². The lowest BCUT2D eigenvalue weighted by atomic mass is 9.94. The molecule has 0 aliphatic carbocycles. The van der Waals surface area contributed by atoms with Crippen molar-refractivity contribution in [2.45, 2.75) is 32.4 Å². The lowest BCUT2D eigenvalue weighted by Gasteiger charge is -2.25. The highest BCUT2D eigenvalue weighted by Crippen LogP contribution is 2.40. The number of benzene rings is 3. The molecule has 1 saturated heterocycles. The fourth-order valence-electron chi connectivity index (χ4n) is 4.99. The van der Waals surface area contributed by atoms with Crippen LogP contribution in [0.5, 0.6) is 11.5 Å². The minimum absolute atomic E-state index is 0.0661. The first-order valence-corrected chi connectivity index (χ1v) is 12.8. The molecule has 2 heterocycles. The van der Waals surface area contributed by atoms with Crippen LogP contribution < -0.4 is 9.47 Å². The molecule has 7 nitrogen and oxygen atoms in total. The van der Waals surface area contributed by atoms with Crippen molar-refractivity contribution in [2.24, 2.45) is 0 Å². The van der Waals surface area contributed by atoms with E-state index in [1.165, 1.54) is 4.90 Å². The molecule has 2 aliphatic heterocycles. The Labute approximate surface area is 222 Å². The Morgan fingerprint density at radius 1 is 1.08 bits per heavy atom. The summed E-state index contributed by atoms with van der Waals surface area (Å²) < 4.78 is 16.9. The molecule has 0 bridgehead atoms. The van der Waals surface area contributed by atoms with Crippen LogP contribution in [0.4, 0.5) is 0 Å². The molecule has 0 saturated carbocycles. The molecule has 3 aromatic carbocycles. The number of hydrogen-bond acceptors (Lipinski definition) is 6. The zero-order chi connectivity index (χ0) is 26.6. The number of methoxy groups -OCH3 is 1. The number of ether oxygens (including phenoxy) is 3. The number of fused-ring (bicyclic) bond motifs is 1. The lowest BCUT2D eigenvalue weighted by molar-refractivity contribution is -0.140. The van der Waals surface area contributed by atoms with E-state index < -0.39 is 17.7 Å². The summed E-state index contributed by atoms with van der Waals surface area (Å²) >= 11 is 0. The van der Waals surface area contributed by atoms with Gasteiger partial charge in [0.15, 0.2) is 0 Å². The zero-order valence-electron chi connectivity index (χ0n) is 21.6. The number of carbonyl (C=O) groups is 2. The van der Waals surface area contributed by atoms with Crippen LogP contribution in [0.25, 0.3) is 5.76 Å². The summed E-state index contributed by atoms with van der Waals surface area (Å²) in [6.07, 6.45) is 1.71. The van der Waals surface area contributed by atoms with Gasteiger partial charge in [0.1, 0.15) is 23.9 Å². The molecule has 196 valence electrons. The number of aliphatic hydroxyl groups is 1. The number of aryl methyl sites for hydroxylation is 2. The summed E-state index contributed by atoms with van der Waals surface area (Å²) in [6.45, 7) is 3.61. The summed E-state index contributed by atoms with van der Waals surface area (Å²) in [5.41, 5.74) is 4.48. The summed E-state index contributed by atoms with van der Waals surface area (Å²) in [5, 5.41) is 11.4. The summed E-state index contributed by atoms with van der Waals surface area (Å²) in [6, 6.07) is 20.0. The second-order valence-electron chi connectivity index (χ2n) is 9.54. The highest BCUT2D eigenvalue weighted by atomic mass is 16.5. The van der Waals surface area contributed by atoms with Gasteiger partial charge < -0.3 is 24.2 Å². The third kappa shape index (κ3) is 5.02. The Balaban J connectivity index is 1.48. The van der Waals surface area contributed by atoms with E-state index in [0.29, 0.717) is 30.1 Å². The van der Waals surface area contributed by atoms with Crippen molar-refractivity contribution in [2.75, 3.05) is 26.9 Å². The molecule has 7 heteroatoms. The average molecular weight is 514 g/mol. The third-order valence-corrected chi connectivity index (χ3v) is 7.11. The lowest BCUT2D eigenvalue weighted by Crippen LogP contribution is -2.32. The maximum absolute atomic E-state index is 13.2. The summed E-state index contributed by atoms with van der Waals surface area (Å²) in [4.78, 5) is 27.7. The summed E-state index contributed by atoms with van der Waals surface area (Å²) in [7, 11) is 1.54. The topological polar surface area (TPSA) is 85.3 Å². The fraction of sp³-hybridized carbons (Fsp3) is 0.290. The van der Waals surface area contributed by atoms with Crippen molar-refractivity contribution in [1.29, 1.82) is 0 Å². The molecule has 0 radical (unpaired) electrons. The first-order valence-electron chi connectivity index (χ1n) is 12.8. The molecule has 1 unspecified atom stereocenters. The van der Waals surface area contributed by atoms with Gasteiger partial charge in [0.2, 0.25) is 0 Å². The molecule has 5 rings (SSSR count). The molecule has 0 spiro atoms. The molecule has 1 N–H and O–H groups in total. The highest BCUT2D eigenvalue weighted by Gasteiger charge is 2.46. The predicted molar refractivity (Wildman–Crippen MR) is 143 cm³/mol. The average Bonchev–Trinajstić information content (AvgIpc) is 3.20. The number of carbonyl (C=O) groups excluding carboxylic acids is 2. The SMILES string of the molecule is COCCN1C(=O)C(=O)/C(=C(\O)c2ccc3c(c2)CCCO3)C1c1ccc(OCc2ccccc2C)cc1. The van der Waals surface area contributed by atoms with Gasteiger partial charge in [-0.15, -0.1) is 0 Å². The zero-order valence-corrected chi connectivity index (χ0v) is 21.6. The van der Waals surface area contributed by atoms with E-state index in [0.717, 1.165) is 35.3 Å². The molecule has 1 fully saturated rings. The fourth-order valence-corrected chi connectivity index (χ4v) is 4.99. The van der Waals surface area contributed by atoms with E-state index >= 15 is 0 Å². The first kappa shape index (κ1) is 25.5. The van der Waals surface area contributed by atoms with Crippen molar-refractivity contribution in [3.63, 3.8) is 0 Å². The second-order valence-corrected chi connectivity index (χ2v) is 9.54.